The smallest absolute Gasteiger partial charge is 0.169 e. The molecular formula is C6H15F4NOTa. The average molecular weight is 374 g/mol. The molecular weight excluding hydrogens is 359 g/mol. The summed E-state index contributed by atoms with van der Waals surface area (Å²) >= 11 is 0. The first-order valence-electron chi connectivity index (χ1n) is 2.61. The van der Waals surface area contributed by atoms with Crippen LogP contribution in [0.2, 0.25) is 0 Å². The molecule has 1 radical (unpaired) electrons. The molecule has 0 fully saturated rings. The van der Waals surface area contributed by atoms with Gasteiger partial charge in [-0.15, -0.1) is 0 Å². The molecule has 0 heterocycles. The molecule has 83 valence electrons. The van der Waals surface area contributed by atoms with E-state index in [2.05, 4.69) is 5.32 Å². The normalized spacial score (nSPS) is 6.31. The molecule has 0 amide bonds. The fourth-order valence-corrected chi connectivity index (χ4v) is 0.419. The molecule has 0 aromatic rings. The minimum Gasteiger partial charge on any atom is -0.313 e. The number of carbonyl (C=O) groups is 1. The zero-order valence-corrected chi connectivity index (χ0v) is 10.6. The minimum absolute atomic E-state index is 0. The van der Waals surface area contributed by atoms with Crippen LogP contribution in [0, 0.1) is 0 Å². The Labute approximate surface area is 90.1 Å². The van der Waals surface area contributed by atoms with Gasteiger partial charge in [-0.1, -0.05) is 6.08 Å². The predicted molar refractivity (Wildman–Crippen MR) is 43.8 cm³/mol. The van der Waals surface area contributed by atoms with E-state index >= 15 is 0 Å². The van der Waals surface area contributed by atoms with Gasteiger partial charge in [-0.3, -0.25) is 23.6 Å². The molecule has 0 spiro atoms. The third-order valence-electron chi connectivity index (χ3n) is 0.704. The number of ketones is 1. The van der Waals surface area contributed by atoms with Crippen molar-refractivity contribution in [3.05, 3.63) is 12.2 Å². The van der Waals surface area contributed by atoms with Gasteiger partial charge in [0.2, 0.25) is 0 Å². The molecule has 0 rings (SSSR count). The Hall–Kier alpha value is -0.170. The summed E-state index contributed by atoms with van der Waals surface area (Å²) in [5, 5.41) is 2.75. The standard InChI is InChI=1S/C6H11NO.4FH.Ta/c1-3-4-6(8)5-7-2;;;;;/h3-4,7H,5H2,1-2H3;4*1H;. The molecule has 0 atom stereocenters. The Kier molecular flexibility index (Phi) is 88.1. The number of nitrogens with one attached hydrogen (secondary N) is 1. The predicted octanol–water partition coefficient (Wildman–Crippen LogP) is 0.958. The van der Waals surface area contributed by atoms with Gasteiger partial charge in [0.05, 0.1) is 6.54 Å². The molecule has 13 heavy (non-hydrogen) atoms. The first-order chi connectivity index (χ1) is 3.81. The van der Waals surface area contributed by atoms with Crippen molar-refractivity contribution in [3.8, 4) is 0 Å². The van der Waals surface area contributed by atoms with E-state index in [0.29, 0.717) is 6.54 Å². The van der Waals surface area contributed by atoms with Crippen molar-refractivity contribution in [2.45, 2.75) is 6.92 Å². The molecule has 0 aliphatic heterocycles. The summed E-state index contributed by atoms with van der Waals surface area (Å²) < 4.78 is 0. The van der Waals surface area contributed by atoms with Crippen LogP contribution in [0.4, 0.5) is 18.8 Å². The van der Waals surface area contributed by atoms with Crippen molar-refractivity contribution in [2.75, 3.05) is 13.6 Å². The largest absolute Gasteiger partial charge is 0.313 e. The number of halogens is 4. The van der Waals surface area contributed by atoms with E-state index in [4.69, 9.17) is 0 Å². The number of carbonyl (C=O) groups excluding carboxylic acids is 1. The Morgan fingerprint density at radius 3 is 1.85 bits per heavy atom. The van der Waals surface area contributed by atoms with Crippen LogP contribution in [0.15, 0.2) is 12.2 Å². The van der Waals surface area contributed by atoms with Gasteiger partial charge in [-0.05, 0) is 20.0 Å². The third-order valence-corrected chi connectivity index (χ3v) is 0.704. The minimum atomic E-state index is 0. The van der Waals surface area contributed by atoms with Gasteiger partial charge in [0.25, 0.3) is 0 Å². The van der Waals surface area contributed by atoms with Crippen LogP contribution in [0.25, 0.3) is 0 Å². The molecule has 7 heteroatoms. The second-order valence-corrected chi connectivity index (χ2v) is 1.50. The zero-order valence-electron chi connectivity index (χ0n) is 7.35. The molecule has 0 saturated heterocycles. The first kappa shape index (κ1) is 38.5. The SMILES string of the molecule is CC=CC(=O)CNC.F.F.F.F.[Ta]. The van der Waals surface area contributed by atoms with Crippen LogP contribution < -0.4 is 5.32 Å². The van der Waals surface area contributed by atoms with Crippen molar-refractivity contribution in [3.63, 3.8) is 0 Å². The van der Waals surface area contributed by atoms with Crippen LogP contribution >= 0.6 is 0 Å². The van der Waals surface area contributed by atoms with Gasteiger partial charge in [0, 0.05) is 22.4 Å². The van der Waals surface area contributed by atoms with Gasteiger partial charge >= 0.3 is 0 Å². The van der Waals surface area contributed by atoms with Crippen LogP contribution in [0.1, 0.15) is 6.92 Å². The van der Waals surface area contributed by atoms with Gasteiger partial charge in [0.1, 0.15) is 0 Å². The van der Waals surface area contributed by atoms with Gasteiger partial charge in [-0.2, -0.15) is 0 Å². The molecule has 0 saturated carbocycles. The Morgan fingerprint density at radius 1 is 1.23 bits per heavy atom. The quantitative estimate of drug-likeness (QED) is 0.589. The van der Waals surface area contributed by atoms with E-state index in [9.17, 15) is 4.79 Å². The van der Waals surface area contributed by atoms with Crippen LogP contribution in [0.5, 0.6) is 0 Å². The van der Waals surface area contributed by atoms with Crippen LogP contribution in [-0.4, -0.2) is 19.4 Å². The molecule has 0 aromatic heterocycles. The van der Waals surface area contributed by atoms with E-state index in [0.717, 1.165) is 0 Å². The van der Waals surface area contributed by atoms with E-state index < -0.39 is 0 Å². The molecule has 0 aromatic carbocycles. The topological polar surface area (TPSA) is 29.1 Å². The molecule has 2 nitrogen and oxygen atoms in total. The number of likely N-dealkylation sites (N-methyl/N-ethyl adjacent to an activating group) is 1. The second-order valence-electron chi connectivity index (χ2n) is 1.50. The summed E-state index contributed by atoms with van der Waals surface area (Å²) in [5.41, 5.74) is 0. The molecule has 0 aliphatic rings. The van der Waals surface area contributed by atoms with E-state index in [1.54, 1.807) is 19.2 Å². The molecule has 0 unspecified atom stereocenters. The van der Waals surface area contributed by atoms with Gasteiger partial charge in [0.15, 0.2) is 5.78 Å². The maximum Gasteiger partial charge on any atom is 0.169 e. The third kappa shape index (κ3) is 33.6. The molecule has 0 aliphatic carbocycles. The summed E-state index contributed by atoms with van der Waals surface area (Å²) in [4.78, 5) is 10.5. The maximum atomic E-state index is 10.5. The zero-order chi connectivity index (χ0) is 6.41. The summed E-state index contributed by atoms with van der Waals surface area (Å²) in [5.74, 6) is 0.120. The van der Waals surface area contributed by atoms with E-state index in [-0.39, 0.29) is 47.0 Å². The Balaban J connectivity index is -0.0000000245. The Morgan fingerprint density at radius 2 is 1.62 bits per heavy atom. The van der Waals surface area contributed by atoms with Crippen molar-refractivity contribution >= 4 is 5.78 Å². The summed E-state index contributed by atoms with van der Waals surface area (Å²) in [6.07, 6.45) is 3.29. The van der Waals surface area contributed by atoms with Crippen LogP contribution in [-0.2, 0) is 27.2 Å². The van der Waals surface area contributed by atoms with E-state index in [1.165, 1.54) is 0 Å². The second kappa shape index (κ2) is 29.7. The number of rotatable bonds is 3. The van der Waals surface area contributed by atoms with Gasteiger partial charge < -0.3 is 5.32 Å². The van der Waals surface area contributed by atoms with Crippen molar-refractivity contribution in [2.24, 2.45) is 0 Å². The fraction of sp³-hybridized carbons (Fsp3) is 0.500. The fourth-order valence-electron chi connectivity index (χ4n) is 0.419. The van der Waals surface area contributed by atoms with Crippen molar-refractivity contribution < 1.29 is 46.0 Å². The number of allylic oxidation sites excluding steroid dienone is 1. The summed E-state index contributed by atoms with van der Waals surface area (Å²) in [7, 11) is 1.75. The first-order valence-corrected chi connectivity index (χ1v) is 2.61. The summed E-state index contributed by atoms with van der Waals surface area (Å²) in [6.45, 7) is 2.26. The summed E-state index contributed by atoms with van der Waals surface area (Å²) in [6, 6.07) is 0. The van der Waals surface area contributed by atoms with E-state index in [1.807, 2.05) is 6.92 Å². The van der Waals surface area contributed by atoms with Crippen molar-refractivity contribution in [1.82, 2.24) is 5.32 Å². The van der Waals surface area contributed by atoms with Crippen LogP contribution in [0.3, 0.4) is 0 Å². The van der Waals surface area contributed by atoms with Gasteiger partial charge in [-0.25, -0.2) is 0 Å². The average Bonchev–Trinajstić information content (AvgIpc) is 1.68. The number of hydrogen-bond acceptors (Lipinski definition) is 2. The maximum absolute atomic E-state index is 10.5. The number of hydrogen-bond donors (Lipinski definition) is 1. The van der Waals surface area contributed by atoms with Crippen molar-refractivity contribution in [1.29, 1.82) is 0 Å². The Bertz CT molecular complexity index is 113. The molecule has 0 bridgehead atoms. The molecule has 1 N–H and O–H groups in total. The monoisotopic (exact) mass is 374 g/mol.